The average Bonchev–Trinajstić information content (AvgIpc) is 2.36. The van der Waals surface area contributed by atoms with E-state index in [1.807, 2.05) is 38.1 Å². The lowest BCUT2D eigenvalue weighted by Crippen LogP contribution is -2.28. The average molecular weight is 250 g/mol. The van der Waals surface area contributed by atoms with Gasteiger partial charge in [-0.1, -0.05) is 12.1 Å². The number of rotatable bonds is 6. The third kappa shape index (κ3) is 4.75. The highest BCUT2D eigenvalue weighted by Gasteiger charge is 2.10. The summed E-state index contributed by atoms with van der Waals surface area (Å²) in [6.45, 7) is 3.86. The minimum atomic E-state index is -0.0271. The van der Waals surface area contributed by atoms with Gasteiger partial charge in [-0.25, -0.2) is 0 Å². The fourth-order valence-electron chi connectivity index (χ4n) is 1.67. The van der Waals surface area contributed by atoms with Crippen molar-refractivity contribution in [1.29, 1.82) is 0 Å². The molecule has 0 bridgehead atoms. The van der Waals surface area contributed by atoms with Crippen LogP contribution in [0.1, 0.15) is 38.3 Å². The molecule has 1 unspecified atom stereocenters. The van der Waals surface area contributed by atoms with Gasteiger partial charge in [0.1, 0.15) is 5.75 Å². The fraction of sp³-hybridized carbons (Fsp3) is 0.500. The summed E-state index contributed by atoms with van der Waals surface area (Å²) in [6, 6.07) is 7.73. The third-order valence-electron chi connectivity index (χ3n) is 2.80. The Morgan fingerprint density at radius 2 is 2.17 bits per heavy atom. The monoisotopic (exact) mass is 250 g/mol. The van der Waals surface area contributed by atoms with Crippen molar-refractivity contribution < 1.29 is 9.53 Å². The topological polar surface area (TPSA) is 64.3 Å². The van der Waals surface area contributed by atoms with Crippen molar-refractivity contribution in [2.45, 2.75) is 38.8 Å². The molecule has 0 fully saturated rings. The van der Waals surface area contributed by atoms with Crippen molar-refractivity contribution >= 4 is 5.91 Å². The molecule has 0 aromatic heterocycles. The van der Waals surface area contributed by atoms with Gasteiger partial charge in [-0.2, -0.15) is 0 Å². The number of nitrogens with two attached hydrogens (primary N) is 1. The second-order valence-electron chi connectivity index (χ2n) is 4.58. The highest BCUT2D eigenvalue weighted by atomic mass is 16.5. The number of benzene rings is 1. The predicted molar refractivity (Wildman–Crippen MR) is 72.4 cm³/mol. The second kappa shape index (κ2) is 7.01. The van der Waals surface area contributed by atoms with Crippen LogP contribution in [0.4, 0.5) is 0 Å². The Kier molecular flexibility index (Phi) is 5.65. The summed E-state index contributed by atoms with van der Waals surface area (Å²) in [5.74, 6) is 0.826. The van der Waals surface area contributed by atoms with Gasteiger partial charge in [-0.05, 0) is 38.0 Å². The Labute approximate surface area is 109 Å². The Morgan fingerprint density at radius 1 is 1.44 bits per heavy atom. The van der Waals surface area contributed by atoms with E-state index in [1.54, 1.807) is 7.11 Å². The van der Waals surface area contributed by atoms with Gasteiger partial charge in [0.05, 0.1) is 13.2 Å². The lowest BCUT2D eigenvalue weighted by Gasteiger charge is -2.15. The molecule has 1 aromatic rings. The van der Waals surface area contributed by atoms with Crippen LogP contribution in [0.5, 0.6) is 5.75 Å². The number of carbonyl (C=O) groups is 1. The zero-order valence-corrected chi connectivity index (χ0v) is 11.3. The molecule has 3 N–H and O–H groups in total. The number of hydrogen-bond donors (Lipinski definition) is 2. The van der Waals surface area contributed by atoms with Crippen LogP contribution in [0, 0.1) is 0 Å². The summed E-state index contributed by atoms with van der Waals surface area (Å²) in [4.78, 5) is 11.7. The van der Waals surface area contributed by atoms with E-state index < -0.39 is 0 Å². The number of nitrogens with one attached hydrogen (secondary N) is 1. The van der Waals surface area contributed by atoms with E-state index in [-0.39, 0.29) is 18.0 Å². The molecule has 0 spiro atoms. The number of amides is 1. The largest absolute Gasteiger partial charge is 0.497 e. The quantitative estimate of drug-likeness (QED) is 0.811. The molecule has 0 radical (unpaired) electrons. The molecule has 0 aliphatic carbocycles. The number of methoxy groups -OCH3 is 1. The summed E-state index contributed by atoms with van der Waals surface area (Å²) < 4.78 is 5.16. The standard InChI is InChI=1S/C14H22N2O2/c1-10(15)7-8-14(17)16-11(2)12-5-4-6-13(9-12)18-3/h4-6,9-11H,7-8,15H2,1-3H3,(H,16,17)/t10?,11-/m1/s1. The Bertz CT molecular complexity index is 391. The molecule has 0 aliphatic rings. The Morgan fingerprint density at radius 3 is 2.78 bits per heavy atom. The van der Waals surface area contributed by atoms with Gasteiger partial charge < -0.3 is 15.8 Å². The molecule has 4 heteroatoms. The normalized spacial score (nSPS) is 13.8. The maximum Gasteiger partial charge on any atom is 0.220 e. The van der Waals surface area contributed by atoms with E-state index >= 15 is 0 Å². The van der Waals surface area contributed by atoms with Crippen LogP contribution < -0.4 is 15.8 Å². The lowest BCUT2D eigenvalue weighted by atomic mass is 10.1. The Balaban J connectivity index is 2.53. The first kappa shape index (κ1) is 14.5. The molecule has 1 rings (SSSR count). The first-order chi connectivity index (χ1) is 8.52. The van der Waals surface area contributed by atoms with Crippen molar-refractivity contribution in [3.05, 3.63) is 29.8 Å². The zero-order valence-electron chi connectivity index (χ0n) is 11.3. The van der Waals surface area contributed by atoms with Crippen molar-refractivity contribution in [3.8, 4) is 5.75 Å². The van der Waals surface area contributed by atoms with Crippen molar-refractivity contribution in [2.24, 2.45) is 5.73 Å². The molecule has 100 valence electrons. The molecule has 4 nitrogen and oxygen atoms in total. The molecule has 1 aromatic carbocycles. The molecule has 0 heterocycles. The van der Waals surface area contributed by atoms with E-state index in [9.17, 15) is 4.79 Å². The predicted octanol–water partition coefficient (Wildman–Crippen LogP) is 2.00. The molecular weight excluding hydrogens is 228 g/mol. The summed E-state index contributed by atoms with van der Waals surface area (Å²) in [7, 11) is 1.63. The molecule has 0 aliphatic heterocycles. The lowest BCUT2D eigenvalue weighted by molar-refractivity contribution is -0.121. The number of carbonyl (C=O) groups excluding carboxylic acids is 1. The number of ether oxygens (including phenoxy) is 1. The van der Waals surface area contributed by atoms with Gasteiger partial charge in [0, 0.05) is 12.5 Å². The van der Waals surface area contributed by atoms with Gasteiger partial charge in [0.2, 0.25) is 5.91 Å². The highest BCUT2D eigenvalue weighted by molar-refractivity contribution is 5.76. The van der Waals surface area contributed by atoms with Crippen molar-refractivity contribution in [1.82, 2.24) is 5.32 Å². The summed E-state index contributed by atoms with van der Waals surface area (Å²) in [5.41, 5.74) is 6.65. The van der Waals surface area contributed by atoms with E-state index in [4.69, 9.17) is 10.5 Å². The molecule has 2 atom stereocenters. The van der Waals surface area contributed by atoms with Crippen LogP contribution in [-0.4, -0.2) is 19.1 Å². The fourth-order valence-corrected chi connectivity index (χ4v) is 1.67. The first-order valence-corrected chi connectivity index (χ1v) is 6.22. The van der Waals surface area contributed by atoms with Crippen LogP contribution in [0.2, 0.25) is 0 Å². The molecule has 1 amide bonds. The second-order valence-corrected chi connectivity index (χ2v) is 4.58. The van der Waals surface area contributed by atoms with Gasteiger partial charge >= 0.3 is 0 Å². The van der Waals surface area contributed by atoms with E-state index in [1.165, 1.54) is 0 Å². The molecule has 0 saturated carbocycles. The van der Waals surface area contributed by atoms with Crippen molar-refractivity contribution in [2.75, 3.05) is 7.11 Å². The van der Waals surface area contributed by atoms with Gasteiger partial charge in [-0.15, -0.1) is 0 Å². The molecular formula is C14H22N2O2. The summed E-state index contributed by atoms with van der Waals surface area (Å²) in [5, 5.41) is 2.95. The van der Waals surface area contributed by atoms with Crippen LogP contribution >= 0.6 is 0 Å². The minimum Gasteiger partial charge on any atom is -0.497 e. The van der Waals surface area contributed by atoms with Gasteiger partial charge in [0.25, 0.3) is 0 Å². The van der Waals surface area contributed by atoms with Crippen LogP contribution in [0.3, 0.4) is 0 Å². The molecule has 18 heavy (non-hydrogen) atoms. The number of hydrogen-bond acceptors (Lipinski definition) is 3. The van der Waals surface area contributed by atoms with Crippen molar-refractivity contribution in [3.63, 3.8) is 0 Å². The smallest absolute Gasteiger partial charge is 0.220 e. The maximum atomic E-state index is 11.7. The van der Waals surface area contributed by atoms with Crippen LogP contribution in [-0.2, 0) is 4.79 Å². The van der Waals surface area contributed by atoms with Gasteiger partial charge in [0.15, 0.2) is 0 Å². The summed E-state index contributed by atoms with van der Waals surface area (Å²) in [6.07, 6.45) is 1.17. The Hall–Kier alpha value is -1.55. The third-order valence-corrected chi connectivity index (χ3v) is 2.80. The van der Waals surface area contributed by atoms with E-state index in [0.717, 1.165) is 11.3 Å². The van der Waals surface area contributed by atoms with Gasteiger partial charge in [-0.3, -0.25) is 4.79 Å². The minimum absolute atomic E-state index is 0.0271. The highest BCUT2D eigenvalue weighted by Crippen LogP contribution is 2.18. The van der Waals surface area contributed by atoms with Crippen LogP contribution in [0.15, 0.2) is 24.3 Å². The van der Waals surface area contributed by atoms with E-state index in [2.05, 4.69) is 5.32 Å². The maximum absolute atomic E-state index is 11.7. The SMILES string of the molecule is COc1cccc([C@@H](C)NC(=O)CCC(C)N)c1. The molecule has 0 saturated heterocycles. The van der Waals surface area contributed by atoms with E-state index in [0.29, 0.717) is 12.8 Å². The van der Waals surface area contributed by atoms with Crippen LogP contribution in [0.25, 0.3) is 0 Å². The summed E-state index contributed by atoms with van der Waals surface area (Å²) >= 11 is 0. The zero-order chi connectivity index (χ0) is 13.5. The first-order valence-electron chi connectivity index (χ1n) is 6.22.